The van der Waals surface area contributed by atoms with Gasteiger partial charge in [-0.2, -0.15) is 5.10 Å². The Bertz CT molecular complexity index is 364. The van der Waals surface area contributed by atoms with Crippen LogP contribution in [0.3, 0.4) is 0 Å². The molecule has 0 spiro atoms. The lowest BCUT2D eigenvalue weighted by Crippen LogP contribution is -2.08. The van der Waals surface area contributed by atoms with Crippen LogP contribution in [0.25, 0.3) is 0 Å². The van der Waals surface area contributed by atoms with Gasteiger partial charge in [0.15, 0.2) is 0 Å². The molecule has 1 aliphatic rings. The average molecular weight is 241 g/mol. The minimum Gasteiger partial charge on any atom is -0.266 e. The Hall–Kier alpha value is -0.500. The summed E-state index contributed by atoms with van der Waals surface area (Å²) < 4.78 is 2.22. The van der Waals surface area contributed by atoms with Gasteiger partial charge >= 0.3 is 0 Å². The zero-order valence-electron chi connectivity index (χ0n) is 10.5. The molecule has 16 heavy (non-hydrogen) atoms. The second-order valence-electron chi connectivity index (χ2n) is 4.84. The smallest absolute Gasteiger partial charge is 0.0643 e. The van der Waals surface area contributed by atoms with E-state index in [1.54, 1.807) is 0 Å². The summed E-state index contributed by atoms with van der Waals surface area (Å²) in [5, 5.41) is 4.81. The van der Waals surface area contributed by atoms with Gasteiger partial charge in [0.05, 0.1) is 17.1 Å². The summed E-state index contributed by atoms with van der Waals surface area (Å²) in [4.78, 5) is 0. The van der Waals surface area contributed by atoms with Gasteiger partial charge in [-0.1, -0.05) is 19.8 Å². The van der Waals surface area contributed by atoms with Crippen LogP contribution in [-0.2, 0) is 0 Å². The first-order chi connectivity index (χ1) is 7.65. The Morgan fingerprint density at radius 3 is 2.56 bits per heavy atom. The van der Waals surface area contributed by atoms with Gasteiger partial charge in [-0.15, -0.1) is 11.6 Å². The summed E-state index contributed by atoms with van der Waals surface area (Å²) in [5.74, 6) is 0. The van der Waals surface area contributed by atoms with Crippen LogP contribution in [0.5, 0.6) is 0 Å². The van der Waals surface area contributed by atoms with E-state index in [1.807, 2.05) is 0 Å². The van der Waals surface area contributed by atoms with E-state index in [9.17, 15) is 0 Å². The van der Waals surface area contributed by atoms with Crippen LogP contribution in [0.4, 0.5) is 0 Å². The molecule has 0 bridgehead atoms. The Labute approximate surface area is 103 Å². The van der Waals surface area contributed by atoms with Crippen molar-refractivity contribution in [1.29, 1.82) is 0 Å². The fourth-order valence-corrected chi connectivity index (χ4v) is 3.15. The normalized spacial score (nSPS) is 19.2. The largest absolute Gasteiger partial charge is 0.266 e. The maximum atomic E-state index is 6.37. The zero-order chi connectivity index (χ0) is 11.7. The summed E-state index contributed by atoms with van der Waals surface area (Å²) in [6, 6.07) is 0.619. The van der Waals surface area contributed by atoms with Gasteiger partial charge in [0, 0.05) is 11.3 Å². The van der Waals surface area contributed by atoms with Crippen molar-refractivity contribution in [2.75, 3.05) is 0 Å². The molecule has 0 N–H and O–H groups in total. The highest BCUT2D eigenvalue weighted by molar-refractivity contribution is 6.20. The van der Waals surface area contributed by atoms with Gasteiger partial charge < -0.3 is 0 Å². The van der Waals surface area contributed by atoms with Gasteiger partial charge in [-0.25, -0.2) is 0 Å². The molecular formula is C13H21ClN2. The number of hydrogen-bond acceptors (Lipinski definition) is 1. The van der Waals surface area contributed by atoms with Crippen LogP contribution in [0.1, 0.15) is 67.4 Å². The number of alkyl halides is 1. The highest BCUT2D eigenvalue weighted by Gasteiger charge is 2.24. The predicted octanol–water partition coefficient (Wildman–Crippen LogP) is 4.30. The molecule has 0 saturated heterocycles. The van der Waals surface area contributed by atoms with E-state index < -0.39 is 0 Å². The fourth-order valence-electron chi connectivity index (χ4n) is 2.84. The third kappa shape index (κ3) is 2.00. The number of aromatic nitrogens is 2. The first kappa shape index (κ1) is 12.0. The number of aryl methyl sites for hydroxylation is 1. The van der Waals surface area contributed by atoms with Crippen molar-refractivity contribution in [1.82, 2.24) is 9.78 Å². The maximum Gasteiger partial charge on any atom is 0.0643 e. The molecule has 1 aliphatic carbocycles. The van der Waals surface area contributed by atoms with E-state index in [-0.39, 0.29) is 5.38 Å². The van der Waals surface area contributed by atoms with Gasteiger partial charge in [0.2, 0.25) is 0 Å². The number of rotatable bonds is 3. The molecule has 0 aromatic carbocycles. The fraction of sp³-hybridized carbons (Fsp3) is 0.769. The molecule has 1 saturated carbocycles. The summed E-state index contributed by atoms with van der Waals surface area (Å²) in [6.07, 6.45) is 6.22. The van der Waals surface area contributed by atoms with Crippen molar-refractivity contribution < 1.29 is 0 Å². The Kier molecular flexibility index (Phi) is 3.58. The summed E-state index contributed by atoms with van der Waals surface area (Å²) in [6.45, 7) is 6.38. The quantitative estimate of drug-likeness (QED) is 0.720. The molecule has 1 aromatic heterocycles. The number of hydrogen-bond donors (Lipinski definition) is 0. The van der Waals surface area contributed by atoms with Crippen molar-refractivity contribution in [2.24, 2.45) is 0 Å². The number of nitrogens with zero attached hydrogens (tertiary/aromatic N) is 2. The minimum absolute atomic E-state index is 0.121. The first-order valence-corrected chi connectivity index (χ1v) is 6.78. The van der Waals surface area contributed by atoms with Crippen LogP contribution in [0.15, 0.2) is 0 Å². The monoisotopic (exact) mass is 240 g/mol. The number of halogens is 1. The van der Waals surface area contributed by atoms with Crippen LogP contribution in [0.2, 0.25) is 0 Å². The van der Waals surface area contributed by atoms with Crippen molar-refractivity contribution in [3.8, 4) is 0 Å². The molecule has 0 aliphatic heterocycles. The molecular weight excluding hydrogens is 220 g/mol. The highest BCUT2D eigenvalue weighted by atomic mass is 35.5. The summed E-state index contributed by atoms with van der Waals surface area (Å²) in [7, 11) is 0. The van der Waals surface area contributed by atoms with Crippen molar-refractivity contribution in [3.63, 3.8) is 0 Å². The third-order valence-corrected chi connectivity index (χ3v) is 4.25. The lowest BCUT2D eigenvalue weighted by molar-refractivity contribution is 0.454. The SMILES string of the molecule is CCC(Cl)c1c(C)nn(C2CCCC2)c1C. The average Bonchev–Trinajstić information content (AvgIpc) is 2.86. The van der Waals surface area contributed by atoms with Crippen LogP contribution in [-0.4, -0.2) is 9.78 Å². The molecule has 3 heteroatoms. The second kappa shape index (κ2) is 4.79. The molecule has 1 fully saturated rings. The Balaban J connectivity index is 2.33. The third-order valence-electron chi connectivity index (χ3n) is 3.72. The topological polar surface area (TPSA) is 17.8 Å². The van der Waals surface area contributed by atoms with Gasteiger partial charge in [-0.3, -0.25) is 4.68 Å². The highest BCUT2D eigenvalue weighted by Crippen LogP contribution is 2.35. The lowest BCUT2D eigenvalue weighted by Gasteiger charge is -2.13. The lowest BCUT2D eigenvalue weighted by atomic mass is 10.1. The summed E-state index contributed by atoms with van der Waals surface area (Å²) >= 11 is 6.37. The van der Waals surface area contributed by atoms with Crippen molar-refractivity contribution in [2.45, 2.75) is 64.3 Å². The van der Waals surface area contributed by atoms with Crippen molar-refractivity contribution in [3.05, 3.63) is 17.0 Å². The van der Waals surface area contributed by atoms with Gasteiger partial charge in [0.25, 0.3) is 0 Å². The minimum atomic E-state index is 0.121. The van der Waals surface area contributed by atoms with Gasteiger partial charge in [-0.05, 0) is 33.1 Å². The Morgan fingerprint density at radius 2 is 2.00 bits per heavy atom. The summed E-state index contributed by atoms with van der Waals surface area (Å²) in [5.41, 5.74) is 3.66. The molecule has 2 nitrogen and oxygen atoms in total. The van der Waals surface area contributed by atoms with Crippen LogP contribution < -0.4 is 0 Å². The van der Waals surface area contributed by atoms with Crippen LogP contribution in [0, 0.1) is 13.8 Å². The van der Waals surface area contributed by atoms with Crippen LogP contribution >= 0.6 is 11.6 Å². The molecule has 0 amide bonds. The second-order valence-corrected chi connectivity index (χ2v) is 5.37. The molecule has 1 unspecified atom stereocenters. The van der Waals surface area contributed by atoms with E-state index in [0.29, 0.717) is 6.04 Å². The van der Waals surface area contributed by atoms with E-state index in [1.165, 1.54) is 36.9 Å². The first-order valence-electron chi connectivity index (χ1n) is 6.34. The van der Waals surface area contributed by atoms with Gasteiger partial charge in [0.1, 0.15) is 0 Å². The van der Waals surface area contributed by atoms with Crippen molar-refractivity contribution >= 4 is 11.6 Å². The molecule has 2 rings (SSSR count). The molecule has 90 valence electrons. The van der Waals surface area contributed by atoms with E-state index in [4.69, 9.17) is 16.7 Å². The molecule has 1 atom stereocenters. The maximum absolute atomic E-state index is 6.37. The predicted molar refractivity (Wildman–Crippen MR) is 68.1 cm³/mol. The van der Waals surface area contributed by atoms with E-state index in [2.05, 4.69) is 25.5 Å². The standard InChI is InChI=1S/C13H21ClN2/c1-4-12(14)13-9(2)15-16(10(13)3)11-7-5-6-8-11/h11-12H,4-8H2,1-3H3. The Morgan fingerprint density at radius 1 is 1.38 bits per heavy atom. The molecule has 1 heterocycles. The van der Waals surface area contributed by atoms with E-state index >= 15 is 0 Å². The molecule has 1 aromatic rings. The van der Waals surface area contributed by atoms with E-state index in [0.717, 1.165) is 12.1 Å². The molecule has 0 radical (unpaired) electrons. The zero-order valence-corrected chi connectivity index (χ0v) is 11.2.